The summed E-state index contributed by atoms with van der Waals surface area (Å²) in [5, 5.41) is 13.8. The summed E-state index contributed by atoms with van der Waals surface area (Å²) in [7, 11) is -3.66. The van der Waals surface area contributed by atoms with Crippen molar-refractivity contribution in [1.29, 1.82) is 0 Å². The zero-order chi connectivity index (χ0) is 17.2. The molecule has 2 rings (SSSR count). The van der Waals surface area contributed by atoms with Crippen molar-refractivity contribution >= 4 is 21.4 Å². The number of hydrogen-bond acceptors (Lipinski definition) is 6. The van der Waals surface area contributed by atoms with Gasteiger partial charge in [0.15, 0.2) is 9.84 Å². The Morgan fingerprint density at radius 3 is 2.65 bits per heavy atom. The van der Waals surface area contributed by atoms with E-state index in [1.54, 1.807) is 0 Å². The molecule has 0 bridgehead atoms. The van der Waals surface area contributed by atoms with E-state index in [-0.39, 0.29) is 22.4 Å². The van der Waals surface area contributed by atoms with Crippen LogP contribution in [-0.4, -0.2) is 38.1 Å². The quantitative estimate of drug-likeness (QED) is 0.603. The van der Waals surface area contributed by atoms with E-state index in [2.05, 4.69) is 5.32 Å². The Kier molecular flexibility index (Phi) is 5.00. The minimum Gasteiger partial charge on any atom is -0.349 e. The van der Waals surface area contributed by atoms with Crippen molar-refractivity contribution in [3.05, 3.63) is 33.9 Å². The lowest BCUT2D eigenvalue weighted by Crippen LogP contribution is -2.39. The zero-order valence-corrected chi connectivity index (χ0v) is 13.5. The molecule has 1 saturated carbocycles. The molecular weight excluding hydrogens is 322 g/mol. The van der Waals surface area contributed by atoms with Crippen molar-refractivity contribution in [2.75, 3.05) is 12.8 Å². The Bertz CT molecular complexity index is 732. The third kappa shape index (κ3) is 4.05. The molecule has 1 aromatic rings. The molecule has 0 spiro atoms. The van der Waals surface area contributed by atoms with E-state index in [0.717, 1.165) is 43.7 Å². The number of carbonyl (C=O) groups is 1. The number of carbonyl (C=O) groups excluding carboxylic acids is 1. The molecule has 3 N–H and O–H groups in total. The average molecular weight is 341 g/mol. The summed E-state index contributed by atoms with van der Waals surface area (Å²) in [5.74, 6) is -0.351. The van der Waals surface area contributed by atoms with Gasteiger partial charge in [0.25, 0.3) is 11.6 Å². The molecule has 0 aromatic heterocycles. The highest BCUT2D eigenvalue weighted by atomic mass is 32.2. The lowest BCUT2D eigenvalue weighted by atomic mass is 10.0. The average Bonchev–Trinajstić information content (AvgIpc) is 2.92. The number of amides is 1. The smallest absolute Gasteiger partial charge is 0.271 e. The molecular formula is C14H19N3O5S. The van der Waals surface area contributed by atoms with Crippen LogP contribution in [0, 0.1) is 16.0 Å². The van der Waals surface area contributed by atoms with Gasteiger partial charge < -0.3 is 11.1 Å². The molecule has 0 heterocycles. The molecule has 1 aliphatic rings. The van der Waals surface area contributed by atoms with E-state index in [9.17, 15) is 23.3 Å². The van der Waals surface area contributed by atoms with Gasteiger partial charge in [-0.2, -0.15) is 0 Å². The molecule has 1 aliphatic carbocycles. The van der Waals surface area contributed by atoms with Gasteiger partial charge in [-0.25, -0.2) is 8.42 Å². The Morgan fingerprint density at radius 1 is 1.39 bits per heavy atom. The van der Waals surface area contributed by atoms with Gasteiger partial charge >= 0.3 is 0 Å². The number of sulfone groups is 1. The first kappa shape index (κ1) is 17.4. The van der Waals surface area contributed by atoms with Crippen molar-refractivity contribution in [3.63, 3.8) is 0 Å². The maximum Gasteiger partial charge on any atom is 0.271 e. The molecule has 2 atom stereocenters. The van der Waals surface area contributed by atoms with Crippen LogP contribution in [0.3, 0.4) is 0 Å². The molecule has 0 radical (unpaired) electrons. The van der Waals surface area contributed by atoms with E-state index in [0.29, 0.717) is 6.54 Å². The van der Waals surface area contributed by atoms with E-state index in [1.807, 2.05) is 0 Å². The molecule has 126 valence electrons. The Hall–Kier alpha value is -2.00. The van der Waals surface area contributed by atoms with Crippen LogP contribution in [0.1, 0.15) is 29.6 Å². The molecule has 8 nitrogen and oxygen atoms in total. The van der Waals surface area contributed by atoms with Crippen molar-refractivity contribution < 1.29 is 18.1 Å². The second-order valence-electron chi connectivity index (χ2n) is 5.75. The van der Waals surface area contributed by atoms with Crippen molar-refractivity contribution in [1.82, 2.24) is 5.32 Å². The lowest BCUT2D eigenvalue weighted by molar-refractivity contribution is -0.385. The van der Waals surface area contributed by atoms with Crippen molar-refractivity contribution in [2.45, 2.75) is 30.2 Å². The van der Waals surface area contributed by atoms with Gasteiger partial charge in [-0.15, -0.1) is 0 Å². The predicted molar refractivity (Wildman–Crippen MR) is 83.9 cm³/mol. The highest BCUT2D eigenvalue weighted by Crippen LogP contribution is 2.26. The number of rotatable bonds is 5. The third-order valence-corrected chi connectivity index (χ3v) is 5.16. The van der Waals surface area contributed by atoms with E-state index in [4.69, 9.17) is 5.73 Å². The van der Waals surface area contributed by atoms with Crippen LogP contribution in [0.4, 0.5) is 5.69 Å². The summed E-state index contributed by atoms with van der Waals surface area (Å²) in [6.45, 7) is 0.453. The first-order chi connectivity index (χ1) is 10.7. The fourth-order valence-electron chi connectivity index (χ4n) is 2.79. The fraction of sp³-hybridized carbons (Fsp3) is 0.500. The maximum atomic E-state index is 12.3. The van der Waals surface area contributed by atoms with Gasteiger partial charge in [-0.05, 0) is 31.4 Å². The minimum absolute atomic E-state index is 0.0395. The summed E-state index contributed by atoms with van der Waals surface area (Å²) < 4.78 is 23.3. The van der Waals surface area contributed by atoms with Crippen LogP contribution < -0.4 is 11.1 Å². The SMILES string of the molecule is CS(=O)(=O)c1cc(C(=O)NC2CCCC2CN)cc([N+](=O)[O-])c1. The lowest BCUT2D eigenvalue weighted by Gasteiger charge is -2.19. The number of benzene rings is 1. The topological polar surface area (TPSA) is 132 Å². The van der Waals surface area contributed by atoms with E-state index < -0.39 is 26.4 Å². The van der Waals surface area contributed by atoms with Gasteiger partial charge in [0.2, 0.25) is 0 Å². The van der Waals surface area contributed by atoms with Crippen LogP contribution in [0.2, 0.25) is 0 Å². The number of nitrogens with two attached hydrogens (primary N) is 1. The number of hydrogen-bond donors (Lipinski definition) is 2. The summed E-state index contributed by atoms with van der Waals surface area (Å²) in [6, 6.07) is 3.10. The highest BCUT2D eigenvalue weighted by molar-refractivity contribution is 7.90. The van der Waals surface area contributed by atoms with Gasteiger partial charge in [0, 0.05) is 30.0 Å². The van der Waals surface area contributed by atoms with Gasteiger partial charge in [-0.3, -0.25) is 14.9 Å². The first-order valence-electron chi connectivity index (χ1n) is 7.23. The second-order valence-corrected chi connectivity index (χ2v) is 7.77. The predicted octanol–water partition coefficient (Wildman–Crippen LogP) is 0.856. The zero-order valence-electron chi connectivity index (χ0n) is 12.7. The molecule has 9 heteroatoms. The van der Waals surface area contributed by atoms with Crippen LogP contribution in [0.25, 0.3) is 0 Å². The van der Waals surface area contributed by atoms with Crippen LogP contribution in [0.15, 0.2) is 23.1 Å². The molecule has 0 aliphatic heterocycles. The first-order valence-corrected chi connectivity index (χ1v) is 9.12. The Balaban J connectivity index is 2.32. The van der Waals surface area contributed by atoms with E-state index >= 15 is 0 Å². The Labute approximate surface area is 134 Å². The standard InChI is InChI=1S/C14H19N3O5S/c1-23(21,22)12-6-10(5-11(7-12)17(19)20)14(18)16-13-4-2-3-9(13)8-15/h5-7,9,13H,2-4,8,15H2,1H3,(H,16,18). The van der Waals surface area contributed by atoms with Gasteiger partial charge in [-0.1, -0.05) is 6.42 Å². The second kappa shape index (κ2) is 6.63. The summed E-state index contributed by atoms with van der Waals surface area (Å²) in [4.78, 5) is 22.3. The highest BCUT2D eigenvalue weighted by Gasteiger charge is 2.28. The summed E-state index contributed by atoms with van der Waals surface area (Å²) >= 11 is 0. The van der Waals surface area contributed by atoms with Crippen LogP contribution in [0.5, 0.6) is 0 Å². The number of nitrogens with one attached hydrogen (secondary N) is 1. The Morgan fingerprint density at radius 2 is 2.09 bits per heavy atom. The number of nitro benzene ring substituents is 1. The summed E-state index contributed by atoms with van der Waals surface area (Å²) in [5.41, 5.74) is 5.19. The normalized spacial score (nSPS) is 21.1. The minimum atomic E-state index is -3.66. The molecule has 1 aromatic carbocycles. The molecule has 1 amide bonds. The molecule has 23 heavy (non-hydrogen) atoms. The monoisotopic (exact) mass is 341 g/mol. The molecule has 1 fully saturated rings. The van der Waals surface area contributed by atoms with Crippen LogP contribution >= 0.6 is 0 Å². The van der Waals surface area contributed by atoms with Crippen LogP contribution in [-0.2, 0) is 9.84 Å². The number of non-ortho nitro benzene ring substituents is 1. The van der Waals surface area contributed by atoms with Gasteiger partial charge in [0.05, 0.1) is 9.82 Å². The van der Waals surface area contributed by atoms with Crippen molar-refractivity contribution in [3.8, 4) is 0 Å². The summed E-state index contributed by atoms with van der Waals surface area (Å²) in [6.07, 6.45) is 3.61. The third-order valence-electron chi connectivity index (χ3n) is 4.07. The maximum absolute atomic E-state index is 12.3. The molecule has 2 unspecified atom stereocenters. The van der Waals surface area contributed by atoms with E-state index in [1.165, 1.54) is 0 Å². The number of nitro groups is 1. The van der Waals surface area contributed by atoms with Gasteiger partial charge in [0.1, 0.15) is 0 Å². The largest absolute Gasteiger partial charge is 0.349 e. The fourth-order valence-corrected chi connectivity index (χ4v) is 3.47. The molecule has 0 saturated heterocycles. The van der Waals surface area contributed by atoms with Crippen molar-refractivity contribution in [2.24, 2.45) is 11.7 Å². The number of nitrogens with zero attached hydrogens (tertiary/aromatic N) is 1.